The molecule has 0 bridgehead atoms. The van der Waals surface area contributed by atoms with E-state index in [-0.39, 0.29) is 54.8 Å². The first kappa shape index (κ1) is 22.9. The van der Waals surface area contributed by atoms with Gasteiger partial charge in [-0.1, -0.05) is 38.5 Å². The van der Waals surface area contributed by atoms with Crippen LogP contribution in [0.25, 0.3) is 0 Å². The van der Waals surface area contributed by atoms with Crippen molar-refractivity contribution >= 4 is 17.5 Å². The summed E-state index contributed by atoms with van der Waals surface area (Å²) in [5, 5.41) is 23.3. The Morgan fingerprint density at radius 2 is 1.87 bits per heavy atom. The highest BCUT2D eigenvalue weighted by atomic mass is 16.3. The summed E-state index contributed by atoms with van der Waals surface area (Å²) in [6.45, 7) is 7.97. The van der Waals surface area contributed by atoms with Crippen molar-refractivity contribution in [3.05, 3.63) is 23.3 Å². The van der Waals surface area contributed by atoms with Gasteiger partial charge in [0.25, 0.3) is 0 Å². The Bertz CT molecular complexity index is 782. The molecule has 6 nitrogen and oxygen atoms in total. The molecular weight excluding hydrogens is 382 g/mol. The molecule has 166 valence electrons. The molecule has 30 heavy (non-hydrogen) atoms. The fourth-order valence-corrected chi connectivity index (χ4v) is 5.82. The van der Waals surface area contributed by atoms with Crippen molar-refractivity contribution in [2.45, 2.75) is 71.9 Å². The number of rotatable bonds is 3. The highest BCUT2D eigenvalue weighted by Crippen LogP contribution is 2.55. The predicted octanol–water partition coefficient (Wildman–Crippen LogP) is 2.34. The molecule has 1 heterocycles. The molecule has 0 aromatic heterocycles. The summed E-state index contributed by atoms with van der Waals surface area (Å²) < 4.78 is 0. The van der Waals surface area contributed by atoms with E-state index in [1.165, 1.54) is 0 Å². The Morgan fingerprint density at radius 1 is 1.17 bits per heavy atom. The largest absolute Gasteiger partial charge is 0.392 e. The lowest BCUT2D eigenvalue weighted by Gasteiger charge is -2.45. The lowest BCUT2D eigenvalue weighted by Crippen LogP contribution is -2.52. The van der Waals surface area contributed by atoms with Crippen molar-refractivity contribution in [1.82, 2.24) is 5.32 Å². The minimum Gasteiger partial charge on any atom is -0.392 e. The fourth-order valence-electron chi connectivity index (χ4n) is 5.82. The number of allylic oxidation sites excluding steroid dienone is 3. The van der Waals surface area contributed by atoms with Gasteiger partial charge in [-0.25, -0.2) is 0 Å². The van der Waals surface area contributed by atoms with E-state index in [4.69, 9.17) is 0 Å². The Labute approximate surface area is 178 Å². The standard InChI is InChI=1S/C24H35NO5/c1-13(2)9-18-22-15(4)16(12-26)11-17-10-14(3)5-6-19(27)20(28)7-8-21(29)24(17,22)23(30)25-18/h10-11,13,15,17-19,22,26-27H,5-9,12H2,1-4H3,(H,25,30)/b14-10-/t15-,17+,18+,19+,22+,24-/m1/s1. The topological polar surface area (TPSA) is 104 Å². The van der Waals surface area contributed by atoms with Crippen molar-refractivity contribution in [3.8, 4) is 0 Å². The average Bonchev–Trinajstić information content (AvgIpc) is 2.97. The van der Waals surface area contributed by atoms with Crippen molar-refractivity contribution in [2.75, 3.05) is 6.61 Å². The zero-order chi connectivity index (χ0) is 22.2. The Morgan fingerprint density at radius 3 is 2.50 bits per heavy atom. The van der Waals surface area contributed by atoms with E-state index in [0.29, 0.717) is 18.8 Å². The maximum Gasteiger partial charge on any atom is 0.235 e. The van der Waals surface area contributed by atoms with Crippen LogP contribution in [0.2, 0.25) is 0 Å². The van der Waals surface area contributed by atoms with Crippen molar-refractivity contribution in [3.63, 3.8) is 0 Å². The summed E-state index contributed by atoms with van der Waals surface area (Å²) in [7, 11) is 0. The molecule has 1 amide bonds. The number of Topliss-reactive ketones (excluding diaryl/α,β-unsaturated/α-hetero) is 2. The first-order chi connectivity index (χ1) is 14.1. The van der Waals surface area contributed by atoms with Crippen LogP contribution in [0.3, 0.4) is 0 Å². The molecule has 0 saturated carbocycles. The molecule has 2 aliphatic carbocycles. The zero-order valence-electron chi connectivity index (χ0n) is 18.5. The molecule has 1 fully saturated rings. The minimum atomic E-state index is -1.27. The third-order valence-corrected chi connectivity index (χ3v) is 7.31. The smallest absolute Gasteiger partial charge is 0.235 e. The van der Waals surface area contributed by atoms with Gasteiger partial charge in [0.05, 0.1) is 6.61 Å². The number of amides is 1. The Balaban J connectivity index is 2.18. The summed E-state index contributed by atoms with van der Waals surface area (Å²) in [5.41, 5.74) is 0.519. The number of carbonyl (C=O) groups is 3. The second-order valence-electron chi connectivity index (χ2n) is 9.78. The van der Waals surface area contributed by atoms with Gasteiger partial charge in [0.15, 0.2) is 5.78 Å². The number of aliphatic hydroxyl groups is 2. The second-order valence-corrected chi connectivity index (χ2v) is 9.78. The van der Waals surface area contributed by atoms with Gasteiger partial charge in [0, 0.05) is 30.7 Å². The molecule has 0 aromatic rings. The molecule has 6 atom stereocenters. The van der Waals surface area contributed by atoms with Crippen molar-refractivity contribution in [1.29, 1.82) is 0 Å². The van der Waals surface area contributed by atoms with Crippen LogP contribution < -0.4 is 5.32 Å². The van der Waals surface area contributed by atoms with Crippen LogP contribution in [-0.2, 0) is 14.4 Å². The Hall–Kier alpha value is -1.79. The fraction of sp³-hybridized carbons (Fsp3) is 0.708. The van der Waals surface area contributed by atoms with Gasteiger partial charge in [-0.2, -0.15) is 0 Å². The molecular formula is C24H35NO5. The van der Waals surface area contributed by atoms with Crippen molar-refractivity contribution < 1.29 is 24.6 Å². The normalized spacial score (nSPS) is 39.4. The van der Waals surface area contributed by atoms with E-state index in [2.05, 4.69) is 19.2 Å². The maximum atomic E-state index is 13.7. The van der Waals surface area contributed by atoms with Crippen LogP contribution in [0.15, 0.2) is 23.3 Å². The highest BCUT2D eigenvalue weighted by Gasteiger charge is 2.65. The number of ketones is 2. The van der Waals surface area contributed by atoms with Crippen LogP contribution in [0.4, 0.5) is 0 Å². The van der Waals surface area contributed by atoms with Crippen molar-refractivity contribution in [2.24, 2.45) is 29.1 Å². The van der Waals surface area contributed by atoms with Gasteiger partial charge < -0.3 is 15.5 Å². The number of hydrogen-bond acceptors (Lipinski definition) is 5. The molecule has 1 aliphatic heterocycles. The molecule has 1 spiro atoms. The monoisotopic (exact) mass is 417 g/mol. The van der Waals surface area contributed by atoms with Gasteiger partial charge in [-0.15, -0.1) is 0 Å². The Kier molecular flexibility index (Phi) is 6.68. The van der Waals surface area contributed by atoms with E-state index in [1.54, 1.807) is 0 Å². The predicted molar refractivity (Wildman–Crippen MR) is 113 cm³/mol. The van der Waals surface area contributed by atoms with Gasteiger partial charge in [-0.05, 0) is 43.6 Å². The first-order valence-electron chi connectivity index (χ1n) is 11.2. The highest BCUT2D eigenvalue weighted by molar-refractivity contribution is 6.10. The van der Waals surface area contributed by atoms with Crippen LogP contribution in [-0.4, -0.2) is 46.4 Å². The van der Waals surface area contributed by atoms with E-state index >= 15 is 0 Å². The summed E-state index contributed by atoms with van der Waals surface area (Å²) in [6.07, 6.45) is 4.26. The van der Waals surface area contributed by atoms with Crippen LogP contribution in [0, 0.1) is 29.1 Å². The lowest BCUT2D eigenvalue weighted by molar-refractivity contribution is -0.146. The van der Waals surface area contributed by atoms with Gasteiger partial charge in [-0.3, -0.25) is 14.4 Å². The summed E-state index contributed by atoms with van der Waals surface area (Å²) in [5.74, 6) is -1.35. The maximum absolute atomic E-state index is 13.7. The second kappa shape index (κ2) is 8.75. The molecule has 0 aromatic carbocycles. The molecule has 3 aliphatic rings. The lowest BCUT2D eigenvalue weighted by atomic mass is 9.54. The van der Waals surface area contributed by atoms with Gasteiger partial charge >= 0.3 is 0 Å². The third kappa shape index (κ3) is 3.80. The average molecular weight is 418 g/mol. The molecule has 3 N–H and O–H groups in total. The zero-order valence-corrected chi connectivity index (χ0v) is 18.5. The number of carbonyl (C=O) groups excluding carboxylic acids is 3. The first-order valence-corrected chi connectivity index (χ1v) is 11.2. The van der Waals surface area contributed by atoms with Crippen LogP contribution in [0.1, 0.15) is 59.8 Å². The molecule has 3 rings (SSSR count). The summed E-state index contributed by atoms with van der Waals surface area (Å²) in [6, 6.07) is -0.158. The summed E-state index contributed by atoms with van der Waals surface area (Å²) >= 11 is 0. The quantitative estimate of drug-likeness (QED) is 0.483. The summed E-state index contributed by atoms with van der Waals surface area (Å²) in [4.78, 5) is 39.6. The van der Waals surface area contributed by atoms with E-state index in [1.807, 2.05) is 26.0 Å². The van der Waals surface area contributed by atoms with E-state index < -0.39 is 17.4 Å². The number of aliphatic hydroxyl groups excluding tert-OH is 2. The molecule has 6 heteroatoms. The van der Waals surface area contributed by atoms with Crippen LogP contribution in [0.5, 0.6) is 0 Å². The van der Waals surface area contributed by atoms with Gasteiger partial charge in [0.2, 0.25) is 5.91 Å². The minimum absolute atomic E-state index is 0.0483. The van der Waals surface area contributed by atoms with E-state index in [9.17, 15) is 24.6 Å². The van der Waals surface area contributed by atoms with E-state index in [0.717, 1.165) is 17.6 Å². The molecule has 1 saturated heterocycles. The third-order valence-electron chi connectivity index (χ3n) is 7.31. The van der Waals surface area contributed by atoms with Gasteiger partial charge in [0.1, 0.15) is 17.3 Å². The molecule has 0 radical (unpaired) electrons. The molecule has 0 unspecified atom stereocenters. The van der Waals surface area contributed by atoms with Crippen LogP contribution >= 0.6 is 0 Å². The SMILES string of the molecule is C/C1=C/[C@H]2C=C(CO)[C@@H](C)[C@H]3[C@H](CC(C)C)NC(=O)[C@]32C(=O)CCC(=O)[C@@H](O)CC1. The number of nitrogens with one attached hydrogen (secondary N) is 1. The number of hydrogen-bond donors (Lipinski definition) is 3.